The minimum atomic E-state index is -0.184. The van der Waals surface area contributed by atoms with Crippen LogP contribution in [0, 0.1) is 20.2 Å². The summed E-state index contributed by atoms with van der Waals surface area (Å²) in [4.78, 5) is 9.69. The summed E-state index contributed by atoms with van der Waals surface area (Å²) in [6, 6.07) is 72.3. The van der Waals surface area contributed by atoms with E-state index < -0.39 is 0 Å². The van der Waals surface area contributed by atoms with E-state index in [-0.39, 0.29) is 6.98 Å². The predicted octanol–water partition coefficient (Wildman–Crippen LogP) is 12.3. The van der Waals surface area contributed by atoms with E-state index in [9.17, 15) is 0 Å². The van der Waals surface area contributed by atoms with Crippen LogP contribution in [0.2, 0.25) is 0 Å². The summed E-state index contributed by atoms with van der Waals surface area (Å²) < 4.78 is 13.5. The SMILES string of the molecule is Cc1cccc(C)c1B1N(c2ccccc2)c2ccc(Oc3cccc(-n4[c-][n+](-c5ccccc5-n5c6ccccc6c6ccccc65)c5ccccc54)c3)cc2N1c1ccccn1. The van der Waals surface area contributed by atoms with Gasteiger partial charge in [0.05, 0.1) is 50.5 Å². The summed E-state index contributed by atoms with van der Waals surface area (Å²) in [6.45, 7) is 4.21. The van der Waals surface area contributed by atoms with Gasteiger partial charge in [0.25, 0.3) is 6.33 Å². The molecule has 8 heteroatoms. The molecule has 0 fully saturated rings. The maximum atomic E-state index is 6.83. The molecule has 7 nitrogen and oxygen atoms in total. The van der Waals surface area contributed by atoms with Crippen molar-refractivity contribution in [2.45, 2.75) is 13.8 Å². The highest BCUT2D eigenvalue weighted by atomic mass is 16.5. The molecule has 0 radical (unpaired) electrons. The van der Waals surface area contributed by atoms with E-state index in [0.717, 1.165) is 73.5 Å². The van der Waals surface area contributed by atoms with Crippen LogP contribution in [0.5, 0.6) is 11.5 Å². The third kappa shape index (κ3) is 6.06. The predicted molar refractivity (Wildman–Crippen MR) is 261 cm³/mol. The second-order valence-electron chi connectivity index (χ2n) is 16.3. The molecular formula is C56H41BN6O. The molecular weight excluding hydrogens is 783 g/mol. The fraction of sp³-hybridized carbons (Fsp3) is 0.0357. The average molecular weight is 825 g/mol. The highest BCUT2D eigenvalue weighted by Crippen LogP contribution is 2.48. The molecule has 0 aliphatic carbocycles. The van der Waals surface area contributed by atoms with Crippen LogP contribution in [-0.4, -0.2) is 21.1 Å². The zero-order valence-corrected chi connectivity index (χ0v) is 35.4. The molecule has 0 amide bonds. The van der Waals surface area contributed by atoms with Crippen molar-refractivity contribution < 1.29 is 9.30 Å². The number of anilines is 4. The minimum absolute atomic E-state index is 0.184. The smallest absolute Gasteiger partial charge is 0.422 e. The first kappa shape index (κ1) is 37.4. The van der Waals surface area contributed by atoms with E-state index in [4.69, 9.17) is 9.72 Å². The number of aromatic nitrogens is 4. The lowest BCUT2D eigenvalue weighted by Crippen LogP contribution is -2.55. The van der Waals surface area contributed by atoms with Gasteiger partial charge in [-0.05, 0) is 98.2 Å². The largest absolute Gasteiger partial charge is 0.458 e. The van der Waals surface area contributed by atoms with Crippen LogP contribution < -0.4 is 24.4 Å². The van der Waals surface area contributed by atoms with Gasteiger partial charge in [0.15, 0.2) is 0 Å². The van der Waals surface area contributed by atoms with Gasteiger partial charge in [0.2, 0.25) is 0 Å². The third-order valence-corrected chi connectivity index (χ3v) is 12.5. The molecule has 12 rings (SSSR count). The van der Waals surface area contributed by atoms with Gasteiger partial charge in [0.1, 0.15) is 17.3 Å². The third-order valence-electron chi connectivity index (χ3n) is 12.5. The number of ether oxygens (including phenoxy) is 1. The molecule has 0 N–H and O–H groups in total. The summed E-state index contributed by atoms with van der Waals surface area (Å²) in [7, 11) is 0. The van der Waals surface area contributed by atoms with Crippen molar-refractivity contribution in [1.82, 2.24) is 14.1 Å². The van der Waals surface area contributed by atoms with Gasteiger partial charge in [-0.2, -0.15) is 0 Å². The molecule has 0 saturated carbocycles. The molecule has 0 spiro atoms. The van der Waals surface area contributed by atoms with Crippen molar-refractivity contribution in [3.63, 3.8) is 0 Å². The molecule has 0 saturated heterocycles. The van der Waals surface area contributed by atoms with E-state index in [1.165, 1.54) is 27.4 Å². The Labute approximate surface area is 372 Å². The van der Waals surface area contributed by atoms with E-state index in [1.807, 2.05) is 24.4 Å². The van der Waals surface area contributed by atoms with Crippen molar-refractivity contribution >= 4 is 68.2 Å². The van der Waals surface area contributed by atoms with Crippen molar-refractivity contribution in [2.75, 3.05) is 9.62 Å². The molecule has 11 aromatic rings. The lowest BCUT2D eigenvalue weighted by atomic mass is 9.61. The van der Waals surface area contributed by atoms with Crippen LogP contribution in [0.3, 0.4) is 0 Å². The Hall–Kier alpha value is -8.36. The number of para-hydroxylation sites is 7. The first-order chi connectivity index (χ1) is 31.6. The fourth-order valence-electron chi connectivity index (χ4n) is 9.73. The fourth-order valence-corrected chi connectivity index (χ4v) is 9.73. The number of rotatable bonds is 8. The van der Waals surface area contributed by atoms with Crippen molar-refractivity contribution in [3.05, 3.63) is 230 Å². The number of nitrogens with zero attached hydrogens (tertiary/aromatic N) is 6. The van der Waals surface area contributed by atoms with Gasteiger partial charge < -0.3 is 18.9 Å². The topological polar surface area (TPSA) is 42.3 Å². The Kier molecular flexibility index (Phi) is 8.90. The molecule has 64 heavy (non-hydrogen) atoms. The standard InChI is InChI=1S/C56H41BN6O/c1-39-18-16-19-40(2)56(39)57-62(41-20-4-3-5-21-41)53-34-33-44(37-54(53)63(57)55-32-14-15-35-58-55)64-43-23-17-22-42(36-43)59-38-60(50-29-11-10-28-49(50)59)51-30-12-13-31-52(51)61-47-26-8-6-24-45(47)46-25-7-9-27-48(46)61/h3-37H,1-2H3. The molecule has 0 atom stereocenters. The van der Waals surface area contributed by atoms with Crippen molar-refractivity contribution in [2.24, 2.45) is 0 Å². The van der Waals surface area contributed by atoms with Gasteiger partial charge in [0, 0.05) is 28.7 Å². The lowest BCUT2D eigenvalue weighted by Gasteiger charge is -2.31. The number of hydrogen-bond donors (Lipinski definition) is 0. The second-order valence-corrected chi connectivity index (χ2v) is 16.3. The highest BCUT2D eigenvalue weighted by molar-refractivity contribution is 6.85. The quantitative estimate of drug-likeness (QED) is 0.0870. The molecule has 4 heterocycles. The number of aryl methyl sites for hydroxylation is 2. The Balaban J connectivity index is 0.954. The first-order valence-corrected chi connectivity index (χ1v) is 21.7. The zero-order valence-electron chi connectivity index (χ0n) is 35.4. The normalized spacial score (nSPS) is 12.4. The van der Waals surface area contributed by atoms with Crippen molar-refractivity contribution in [3.8, 4) is 28.6 Å². The van der Waals surface area contributed by atoms with Crippen LogP contribution in [0.1, 0.15) is 11.1 Å². The number of fused-ring (bicyclic) bond motifs is 5. The second kappa shape index (κ2) is 15.2. The summed E-state index contributed by atoms with van der Waals surface area (Å²) in [5.74, 6) is 2.30. The number of hydrogen-bond acceptors (Lipinski definition) is 4. The molecule has 8 aromatic carbocycles. The van der Waals surface area contributed by atoms with Crippen LogP contribution in [0.4, 0.5) is 22.9 Å². The number of imidazole rings is 1. The van der Waals surface area contributed by atoms with Crippen LogP contribution >= 0.6 is 0 Å². The monoisotopic (exact) mass is 824 g/mol. The van der Waals surface area contributed by atoms with Crippen LogP contribution in [0.15, 0.2) is 212 Å². The summed E-state index contributed by atoms with van der Waals surface area (Å²) in [6.07, 6.45) is 5.63. The first-order valence-electron chi connectivity index (χ1n) is 21.7. The zero-order chi connectivity index (χ0) is 42.7. The summed E-state index contributed by atoms with van der Waals surface area (Å²) >= 11 is 0. The van der Waals surface area contributed by atoms with Gasteiger partial charge in [-0.25, -0.2) is 4.98 Å². The van der Waals surface area contributed by atoms with Gasteiger partial charge in [-0.1, -0.05) is 132 Å². The van der Waals surface area contributed by atoms with E-state index >= 15 is 0 Å². The highest BCUT2D eigenvalue weighted by Gasteiger charge is 2.45. The summed E-state index contributed by atoms with van der Waals surface area (Å²) in [5, 5.41) is 2.45. The van der Waals surface area contributed by atoms with E-state index in [1.54, 1.807) is 0 Å². The van der Waals surface area contributed by atoms with Crippen LogP contribution in [0.25, 0.3) is 49.9 Å². The maximum Gasteiger partial charge on any atom is 0.422 e. The minimum Gasteiger partial charge on any atom is -0.458 e. The number of pyridine rings is 1. The number of benzene rings is 8. The van der Waals surface area contributed by atoms with E-state index in [0.29, 0.717) is 0 Å². The Morgan fingerprint density at radius 2 is 1.14 bits per heavy atom. The van der Waals surface area contributed by atoms with Crippen molar-refractivity contribution in [1.29, 1.82) is 0 Å². The Morgan fingerprint density at radius 1 is 0.500 bits per heavy atom. The Morgan fingerprint density at radius 3 is 1.91 bits per heavy atom. The molecule has 3 aromatic heterocycles. The molecule has 0 bridgehead atoms. The molecule has 1 aliphatic rings. The molecule has 304 valence electrons. The van der Waals surface area contributed by atoms with Gasteiger partial charge >= 0.3 is 6.98 Å². The van der Waals surface area contributed by atoms with Gasteiger partial charge in [-0.15, -0.1) is 0 Å². The maximum absolute atomic E-state index is 6.83. The van der Waals surface area contributed by atoms with E-state index in [2.05, 4.69) is 232 Å². The van der Waals surface area contributed by atoms with Crippen LogP contribution in [-0.2, 0) is 0 Å². The average Bonchev–Trinajstić information content (AvgIpc) is 4.00. The summed E-state index contributed by atoms with van der Waals surface area (Å²) in [5.41, 5.74) is 14.3. The Bertz CT molecular complexity index is 3470. The lowest BCUT2D eigenvalue weighted by molar-refractivity contribution is -0.572. The van der Waals surface area contributed by atoms with Gasteiger partial charge in [-0.3, -0.25) is 9.13 Å². The molecule has 1 aliphatic heterocycles. The molecule has 0 unspecified atom stereocenters.